The highest BCUT2D eigenvalue weighted by atomic mass is 79.9. The molecule has 0 saturated heterocycles. The standard InChI is InChI=1S/C12H14BrNO2/c1-3-16-12(15)9(2)11(13)14-10-7-5-4-6-8-10/h4-9H,3H2,1-2H3. The normalized spacial score (nSPS) is 13.3. The highest BCUT2D eigenvalue weighted by molar-refractivity contribution is 9.18. The molecule has 0 aliphatic rings. The Hall–Kier alpha value is -1.16. The number of ether oxygens (including phenoxy) is 1. The summed E-state index contributed by atoms with van der Waals surface area (Å²) in [6.07, 6.45) is 0. The van der Waals surface area contributed by atoms with Crippen molar-refractivity contribution in [2.24, 2.45) is 10.9 Å². The van der Waals surface area contributed by atoms with Gasteiger partial charge >= 0.3 is 5.97 Å². The lowest BCUT2D eigenvalue weighted by molar-refractivity contribution is -0.144. The molecule has 1 rings (SSSR count). The van der Waals surface area contributed by atoms with Gasteiger partial charge in [0.25, 0.3) is 0 Å². The second-order valence-corrected chi connectivity index (χ2v) is 4.06. The van der Waals surface area contributed by atoms with E-state index in [4.69, 9.17) is 4.74 Å². The molecule has 0 fully saturated rings. The van der Waals surface area contributed by atoms with Crippen molar-refractivity contribution in [2.45, 2.75) is 13.8 Å². The van der Waals surface area contributed by atoms with E-state index in [1.807, 2.05) is 30.3 Å². The molecule has 16 heavy (non-hydrogen) atoms. The number of esters is 1. The highest BCUT2D eigenvalue weighted by Gasteiger charge is 2.18. The van der Waals surface area contributed by atoms with Crippen LogP contribution in [0, 0.1) is 5.92 Å². The average molecular weight is 284 g/mol. The van der Waals surface area contributed by atoms with Crippen LogP contribution < -0.4 is 0 Å². The molecule has 1 aromatic carbocycles. The molecule has 0 bridgehead atoms. The smallest absolute Gasteiger partial charge is 0.315 e. The number of benzene rings is 1. The van der Waals surface area contributed by atoms with Crippen LogP contribution >= 0.6 is 15.9 Å². The summed E-state index contributed by atoms with van der Waals surface area (Å²) in [6, 6.07) is 9.46. The lowest BCUT2D eigenvalue weighted by Crippen LogP contribution is -2.19. The molecule has 0 radical (unpaired) electrons. The Morgan fingerprint density at radius 2 is 2.06 bits per heavy atom. The number of halogens is 1. The van der Waals surface area contributed by atoms with E-state index in [0.29, 0.717) is 11.2 Å². The van der Waals surface area contributed by atoms with Gasteiger partial charge in [-0.15, -0.1) is 0 Å². The number of rotatable bonds is 4. The van der Waals surface area contributed by atoms with Crippen molar-refractivity contribution in [3.8, 4) is 0 Å². The van der Waals surface area contributed by atoms with Gasteiger partial charge in [-0.2, -0.15) is 0 Å². The van der Waals surface area contributed by atoms with E-state index < -0.39 is 0 Å². The molecule has 1 aromatic rings. The molecule has 1 unspecified atom stereocenters. The van der Waals surface area contributed by atoms with E-state index in [2.05, 4.69) is 20.9 Å². The first-order valence-corrected chi connectivity index (χ1v) is 5.90. The molecule has 4 heteroatoms. The van der Waals surface area contributed by atoms with Gasteiger partial charge in [0.2, 0.25) is 0 Å². The first kappa shape index (κ1) is 12.9. The van der Waals surface area contributed by atoms with Gasteiger partial charge in [-0.05, 0) is 41.9 Å². The van der Waals surface area contributed by atoms with Crippen LogP contribution in [0.1, 0.15) is 13.8 Å². The summed E-state index contributed by atoms with van der Waals surface area (Å²) in [5.74, 6) is -0.644. The van der Waals surface area contributed by atoms with E-state index in [-0.39, 0.29) is 11.9 Å². The number of aliphatic imine (C=N–C) groups is 1. The molecular weight excluding hydrogens is 270 g/mol. The van der Waals surface area contributed by atoms with Gasteiger partial charge in [0.1, 0.15) is 5.92 Å². The molecule has 3 nitrogen and oxygen atoms in total. The van der Waals surface area contributed by atoms with E-state index in [9.17, 15) is 4.79 Å². The molecular formula is C12H14BrNO2. The maximum atomic E-state index is 11.4. The van der Waals surface area contributed by atoms with E-state index in [0.717, 1.165) is 5.69 Å². The van der Waals surface area contributed by atoms with Gasteiger partial charge in [-0.25, -0.2) is 4.99 Å². The number of nitrogens with zero attached hydrogens (tertiary/aromatic N) is 1. The number of carbonyl (C=O) groups excluding carboxylic acids is 1. The molecule has 0 spiro atoms. The number of carbonyl (C=O) groups is 1. The summed E-state index contributed by atoms with van der Waals surface area (Å²) in [4.78, 5) is 15.7. The third-order valence-corrected chi connectivity index (χ3v) is 2.85. The van der Waals surface area contributed by atoms with Crippen molar-refractivity contribution in [3.63, 3.8) is 0 Å². The minimum absolute atomic E-state index is 0.269. The van der Waals surface area contributed by atoms with E-state index in [1.54, 1.807) is 13.8 Å². The van der Waals surface area contributed by atoms with Crippen molar-refractivity contribution in [3.05, 3.63) is 30.3 Å². The van der Waals surface area contributed by atoms with E-state index >= 15 is 0 Å². The predicted octanol–water partition coefficient (Wildman–Crippen LogP) is 3.31. The average Bonchev–Trinajstić information content (AvgIpc) is 2.29. The zero-order valence-electron chi connectivity index (χ0n) is 9.31. The van der Waals surface area contributed by atoms with Crippen LogP contribution in [0.5, 0.6) is 0 Å². The Morgan fingerprint density at radius 3 is 2.62 bits per heavy atom. The van der Waals surface area contributed by atoms with Crippen LogP contribution in [0.2, 0.25) is 0 Å². The highest BCUT2D eigenvalue weighted by Crippen LogP contribution is 2.16. The molecule has 0 aromatic heterocycles. The zero-order valence-corrected chi connectivity index (χ0v) is 10.9. The Bertz CT molecular complexity index is 376. The maximum Gasteiger partial charge on any atom is 0.315 e. The van der Waals surface area contributed by atoms with E-state index in [1.165, 1.54) is 0 Å². The van der Waals surface area contributed by atoms with Gasteiger partial charge in [-0.1, -0.05) is 18.2 Å². The number of hydrogen-bond acceptors (Lipinski definition) is 3. The molecule has 0 aliphatic heterocycles. The largest absolute Gasteiger partial charge is 0.465 e. The van der Waals surface area contributed by atoms with Crippen LogP contribution in [-0.2, 0) is 9.53 Å². The summed E-state index contributed by atoms with van der Waals surface area (Å²) in [6.45, 7) is 3.93. The van der Waals surface area contributed by atoms with Crippen LogP contribution in [0.3, 0.4) is 0 Å². The quantitative estimate of drug-likeness (QED) is 0.628. The van der Waals surface area contributed by atoms with Crippen molar-refractivity contribution in [2.75, 3.05) is 6.61 Å². The lowest BCUT2D eigenvalue weighted by atomic mass is 10.2. The maximum absolute atomic E-state index is 11.4. The van der Waals surface area contributed by atoms with Crippen molar-refractivity contribution < 1.29 is 9.53 Å². The zero-order chi connectivity index (χ0) is 12.0. The van der Waals surface area contributed by atoms with Crippen molar-refractivity contribution in [1.29, 1.82) is 0 Å². The minimum atomic E-state index is -0.375. The number of para-hydroxylation sites is 1. The van der Waals surface area contributed by atoms with Crippen LogP contribution in [0.25, 0.3) is 0 Å². The van der Waals surface area contributed by atoms with Crippen LogP contribution in [0.4, 0.5) is 5.69 Å². The predicted molar refractivity (Wildman–Crippen MR) is 68.3 cm³/mol. The topological polar surface area (TPSA) is 38.7 Å². The third kappa shape index (κ3) is 3.77. The minimum Gasteiger partial charge on any atom is -0.465 e. The Labute approximate surface area is 104 Å². The molecule has 0 N–H and O–H groups in total. The van der Waals surface area contributed by atoms with Gasteiger partial charge in [0, 0.05) is 0 Å². The summed E-state index contributed by atoms with van der Waals surface area (Å²) in [7, 11) is 0. The van der Waals surface area contributed by atoms with Gasteiger partial charge in [0.05, 0.1) is 16.9 Å². The monoisotopic (exact) mass is 283 g/mol. The summed E-state index contributed by atoms with van der Waals surface area (Å²) in [5, 5.41) is 0. The summed E-state index contributed by atoms with van der Waals surface area (Å²) in [5.41, 5.74) is 0.811. The number of hydrogen-bond donors (Lipinski definition) is 0. The Kier molecular flexibility index (Phi) is 5.19. The second-order valence-electron chi connectivity index (χ2n) is 3.24. The second kappa shape index (κ2) is 6.43. The first-order chi connectivity index (χ1) is 7.65. The Balaban J connectivity index is 2.74. The molecule has 86 valence electrons. The van der Waals surface area contributed by atoms with Gasteiger partial charge < -0.3 is 4.74 Å². The fourth-order valence-electron chi connectivity index (χ4n) is 1.09. The summed E-state index contributed by atoms with van der Waals surface area (Å²) >= 11 is 3.30. The first-order valence-electron chi connectivity index (χ1n) is 5.11. The molecule has 1 atom stereocenters. The molecule has 0 heterocycles. The molecule has 0 saturated carbocycles. The summed E-state index contributed by atoms with van der Waals surface area (Å²) < 4.78 is 5.49. The fourth-order valence-corrected chi connectivity index (χ4v) is 1.48. The van der Waals surface area contributed by atoms with Crippen molar-refractivity contribution in [1.82, 2.24) is 0 Å². The SMILES string of the molecule is CCOC(=O)C(C)C(Br)=Nc1ccccc1. The molecule has 0 amide bonds. The third-order valence-electron chi connectivity index (χ3n) is 1.99. The lowest BCUT2D eigenvalue weighted by Gasteiger charge is -2.08. The fraction of sp³-hybridized carbons (Fsp3) is 0.333. The molecule has 0 aliphatic carbocycles. The van der Waals surface area contributed by atoms with Crippen molar-refractivity contribution >= 4 is 32.2 Å². The van der Waals surface area contributed by atoms with Crippen LogP contribution in [-0.4, -0.2) is 17.2 Å². The van der Waals surface area contributed by atoms with Crippen LogP contribution in [0.15, 0.2) is 35.3 Å². The van der Waals surface area contributed by atoms with Gasteiger partial charge in [-0.3, -0.25) is 4.79 Å². The Morgan fingerprint density at radius 1 is 1.44 bits per heavy atom. The van der Waals surface area contributed by atoms with Gasteiger partial charge in [0.15, 0.2) is 0 Å².